The lowest BCUT2D eigenvalue weighted by atomic mass is 10.0. The molecule has 3 rings (SSSR count). The number of anilines is 1. The summed E-state index contributed by atoms with van der Waals surface area (Å²) in [5.41, 5.74) is 2.40. The van der Waals surface area contributed by atoms with Gasteiger partial charge in [0.1, 0.15) is 5.82 Å². The SMILES string of the molecule is Fc1ccc(C2CCCN2)c(N2CCCC2)c1. The Morgan fingerprint density at radius 3 is 2.71 bits per heavy atom. The zero-order chi connectivity index (χ0) is 11.7. The van der Waals surface area contributed by atoms with E-state index in [-0.39, 0.29) is 5.82 Å². The summed E-state index contributed by atoms with van der Waals surface area (Å²) in [7, 11) is 0. The zero-order valence-corrected chi connectivity index (χ0v) is 10.1. The van der Waals surface area contributed by atoms with Crippen LogP contribution in [0.15, 0.2) is 18.2 Å². The number of nitrogens with one attached hydrogen (secondary N) is 1. The van der Waals surface area contributed by atoms with Crippen LogP contribution in [0, 0.1) is 5.82 Å². The monoisotopic (exact) mass is 234 g/mol. The predicted octanol–water partition coefficient (Wildman–Crippen LogP) is 2.85. The molecule has 0 radical (unpaired) electrons. The van der Waals surface area contributed by atoms with Crippen molar-refractivity contribution in [2.24, 2.45) is 0 Å². The molecule has 0 spiro atoms. The summed E-state index contributed by atoms with van der Waals surface area (Å²) >= 11 is 0. The molecule has 1 unspecified atom stereocenters. The first-order chi connectivity index (χ1) is 8.34. The van der Waals surface area contributed by atoms with E-state index in [0.717, 1.165) is 25.3 Å². The van der Waals surface area contributed by atoms with Crippen LogP contribution in [-0.2, 0) is 0 Å². The topological polar surface area (TPSA) is 15.3 Å². The van der Waals surface area contributed by atoms with Crippen LogP contribution in [0.5, 0.6) is 0 Å². The maximum absolute atomic E-state index is 13.4. The van der Waals surface area contributed by atoms with E-state index < -0.39 is 0 Å². The molecule has 2 saturated heterocycles. The van der Waals surface area contributed by atoms with Crippen molar-refractivity contribution in [1.82, 2.24) is 5.32 Å². The minimum absolute atomic E-state index is 0.117. The molecule has 1 aromatic carbocycles. The molecule has 1 atom stereocenters. The van der Waals surface area contributed by atoms with Crippen molar-refractivity contribution in [3.63, 3.8) is 0 Å². The molecule has 17 heavy (non-hydrogen) atoms. The molecule has 3 heteroatoms. The van der Waals surface area contributed by atoms with E-state index in [0.29, 0.717) is 6.04 Å². The molecule has 0 saturated carbocycles. The van der Waals surface area contributed by atoms with E-state index in [4.69, 9.17) is 0 Å². The van der Waals surface area contributed by atoms with Gasteiger partial charge in [-0.2, -0.15) is 0 Å². The van der Waals surface area contributed by atoms with E-state index in [1.54, 1.807) is 12.1 Å². The highest BCUT2D eigenvalue weighted by Crippen LogP contribution is 2.33. The van der Waals surface area contributed by atoms with Gasteiger partial charge >= 0.3 is 0 Å². The van der Waals surface area contributed by atoms with Gasteiger partial charge in [0.25, 0.3) is 0 Å². The smallest absolute Gasteiger partial charge is 0.125 e. The predicted molar refractivity (Wildman–Crippen MR) is 67.8 cm³/mol. The third-order valence-electron chi connectivity index (χ3n) is 3.87. The van der Waals surface area contributed by atoms with Crippen molar-refractivity contribution in [3.8, 4) is 0 Å². The molecule has 0 aromatic heterocycles. The first-order valence-electron chi connectivity index (χ1n) is 6.62. The molecule has 2 heterocycles. The van der Waals surface area contributed by atoms with Gasteiger partial charge in [0.2, 0.25) is 0 Å². The molecule has 1 N–H and O–H groups in total. The molecule has 2 aliphatic heterocycles. The number of hydrogen-bond donors (Lipinski definition) is 1. The van der Waals surface area contributed by atoms with Gasteiger partial charge < -0.3 is 10.2 Å². The van der Waals surface area contributed by atoms with Crippen molar-refractivity contribution in [2.45, 2.75) is 31.7 Å². The van der Waals surface area contributed by atoms with Gasteiger partial charge in [-0.05, 0) is 49.9 Å². The molecule has 0 aliphatic carbocycles. The number of rotatable bonds is 2. The summed E-state index contributed by atoms with van der Waals surface area (Å²) in [5, 5.41) is 3.51. The number of hydrogen-bond acceptors (Lipinski definition) is 2. The Kier molecular flexibility index (Phi) is 3.02. The Morgan fingerprint density at radius 2 is 2.00 bits per heavy atom. The quantitative estimate of drug-likeness (QED) is 0.846. The molecular weight excluding hydrogens is 215 g/mol. The van der Waals surface area contributed by atoms with Crippen LogP contribution >= 0.6 is 0 Å². The maximum Gasteiger partial charge on any atom is 0.125 e. The highest BCUT2D eigenvalue weighted by Gasteiger charge is 2.23. The zero-order valence-electron chi connectivity index (χ0n) is 10.1. The number of benzene rings is 1. The minimum Gasteiger partial charge on any atom is -0.371 e. The Labute approximate surface area is 102 Å². The van der Waals surface area contributed by atoms with Crippen LogP contribution in [0.25, 0.3) is 0 Å². The van der Waals surface area contributed by atoms with Gasteiger partial charge in [-0.1, -0.05) is 6.07 Å². The molecule has 0 bridgehead atoms. The highest BCUT2D eigenvalue weighted by atomic mass is 19.1. The normalized spacial score (nSPS) is 24.5. The fraction of sp³-hybridized carbons (Fsp3) is 0.571. The van der Waals surface area contributed by atoms with E-state index in [9.17, 15) is 4.39 Å². The fourth-order valence-electron chi connectivity index (χ4n) is 2.99. The van der Waals surface area contributed by atoms with Crippen molar-refractivity contribution < 1.29 is 4.39 Å². The Morgan fingerprint density at radius 1 is 1.18 bits per heavy atom. The molecule has 2 nitrogen and oxygen atoms in total. The second-order valence-electron chi connectivity index (χ2n) is 5.05. The lowest BCUT2D eigenvalue weighted by Gasteiger charge is -2.24. The lowest BCUT2D eigenvalue weighted by Crippen LogP contribution is -2.22. The summed E-state index contributed by atoms with van der Waals surface area (Å²) in [5.74, 6) is -0.117. The van der Waals surface area contributed by atoms with Gasteiger partial charge in [0, 0.05) is 24.8 Å². The van der Waals surface area contributed by atoms with Gasteiger partial charge in [0.15, 0.2) is 0 Å². The average molecular weight is 234 g/mol. The Bertz CT molecular complexity index is 393. The van der Waals surface area contributed by atoms with Crippen LogP contribution in [0.4, 0.5) is 10.1 Å². The van der Waals surface area contributed by atoms with E-state index >= 15 is 0 Å². The molecule has 0 amide bonds. The highest BCUT2D eigenvalue weighted by molar-refractivity contribution is 5.56. The third kappa shape index (κ3) is 2.16. The second-order valence-corrected chi connectivity index (χ2v) is 5.05. The average Bonchev–Trinajstić information content (AvgIpc) is 3.02. The van der Waals surface area contributed by atoms with E-state index in [1.165, 1.54) is 31.2 Å². The van der Waals surface area contributed by atoms with Crippen LogP contribution in [0.1, 0.15) is 37.3 Å². The van der Waals surface area contributed by atoms with Crippen LogP contribution < -0.4 is 10.2 Å². The van der Waals surface area contributed by atoms with Crippen LogP contribution in [-0.4, -0.2) is 19.6 Å². The summed E-state index contributed by atoms with van der Waals surface area (Å²) in [6.45, 7) is 3.23. The molecular formula is C14H19FN2. The molecule has 92 valence electrons. The lowest BCUT2D eigenvalue weighted by molar-refractivity contribution is 0.616. The van der Waals surface area contributed by atoms with Crippen LogP contribution in [0.3, 0.4) is 0 Å². The standard InChI is InChI=1S/C14H19FN2/c15-11-5-6-12(13-4-3-7-16-13)14(10-11)17-8-1-2-9-17/h5-6,10,13,16H,1-4,7-9H2. The van der Waals surface area contributed by atoms with Gasteiger partial charge in [-0.15, -0.1) is 0 Å². The number of halogens is 1. The second kappa shape index (κ2) is 4.65. The van der Waals surface area contributed by atoms with Gasteiger partial charge in [-0.3, -0.25) is 0 Å². The first-order valence-corrected chi connectivity index (χ1v) is 6.62. The Hall–Kier alpha value is -1.09. The summed E-state index contributed by atoms with van der Waals surface area (Å²) in [6.07, 6.45) is 4.86. The third-order valence-corrected chi connectivity index (χ3v) is 3.87. The van der Waals surface area contributed by atoms with Crippen LogP contribution in [0.2, 0.25) is 0 Å². The van der Waals surface area contributed by atoms with E-state index in [2.05, 4.69) is 10.2 Å². The Balaban J connectivity index is 1.94. The minimum atomic E-state index is -0.117. The van der Waals surface area contributed by atoms with Gasteiger partial charge in [0.05, 0.1) is 0 Å². The molecule has 2 aliphatic rings. The van der Waals surface area contributed by atoms with Crippen molar-refractivity contribution in [1.29, 1.82) is 0 Å². The molecule has 1 aromatic rings. The molecule has 2 fully saturated rings. The fourth-order valence-corrected chi connectivity index (χ4v) is 2.99. The maximum atomic E-state index is 13.4. The summed E-state index contributed by atoms with van der Waals surface area (Å²) < 4.78 is 13.4. The van der Waals surface area contributed by atoms with E-state index in [1.807, 2.05) is 6.07 Å². The summed E-state index contributed by atoms with van der Waals surface area (Å²) in [6, 6.07) is 5.69. The largest absolute Gasteiger partial charge is 0.371 e. The van der Waals surface area contributed by atoms with Crippen molar-refractivity contribution in [2.75, 3.05) is 24.5 Å². The first kappa shape index (κ1) is 11.0. The summed E-state index contributed by atoms with van der Waals surface area (Å²) in [4.78, 5) is 2.33. The van der Waals surface area contributed by atoms with Crippen molar-refractivity contribution >= 4 is 5.69 Å². The van der Waals surface area contributed by atoms with Gasteiger partial charge in [-0.25, -0.2) is 4.39 Å². The number of nitrogens with zero attached hydrogens (tertiary/aromatic N) is 1. The van der Waals surface area contributed by atoms with Crippen molar-refractivity contribution in [3.05, 3.63) is 29.6 Å².